The van der Waals surface area contributed by atoms with E-state index < -0.39 is 23.9 Å². The first-order valence-electron chi connectivity index (χ1n) is 7.79. The normalized spacial score (nSPS) is 16.9. The number of nitrogens with one attached hydrogen (secondary N) is 2. The highest BCUT2D eigenvalue weighted by molar-refractivity contribution is 5.95. The van der Waals surface area contributed by atoms with Crippen molar-refractivity contribution in [3.63, 3.8) is 0 Å². The molecule has 25 heavy (non-hydrogen) atoms. The maximum atomic E-state index is 13.2. The first-order chi connectivity index (χ1) is 12.0. The number of amides is 2. The summed E-state index contributed by atoms with van der Waals surface area (Å²) in [5, 5.41) is 5.25. The van der Waals surface area contributed by atoms with Crippen LogP contribution in [-0.4, -0.2) is 12.0 Å². The van der Waals surface area contributed by atoms with Gasteiger partial charge in [0.25, 0.3) is 0 Å². The van der Waals surface area contributed by atoms with Crippen LogP contribution < -0.4 is 10.6 Å². The second-order valence-electron chi connectivity index (χ2n) is 5.68. The van der Waals surface area contributed by atoms with Crippen LogP contribution in [0, 0.1) is 5.82 Å². The van der Waals surface area contributed by atoms with Gasteiger partial charge in [0, 0.05) is 5.70 Å². The number of esters is 1. The van der Waals surface area contributed by atoms with E-state index in [9.17, 15) is 14.0 Å². The van der Waals surface area contributed by atoms with Crippen molar-refractivity contribution in [2.24, 2.45) is 0 Å². The smallest absolute Gasteiger partial charge is 0.338 e. The molecule has 1 unspecified atom stereocenters. The summed E-state index contributed by atoms with van der Waals surface area (Å²) in [7, 11) is 0. The molecule has 0 radical (unpaired) electrons. The molecule has 128 valence electrons. The van der Waals surface area contributed by atoms with Crippen molar-refractivity contribution in [3.05, 3.63) is 82.8 Å². The lowest BCUT2D eigenvalue weighted by Crippen LogP contribution is -2.45. The number of allylic oxidation sites excluding steroid dienone is 1. The molecule has 3 rings (SSSR count). The molecule has 2 aromatic carbocycles. The van der Waals surface area contributed by atoms with E-state index in [-0.39, 0.29) is 6.61 Å². The van der Waals surface area contributed by atoms with Gasteiger partial charge in [0.05, 0.1) is 11.6 Å². The van der Waals surface area contributed by atoms with Gasteiger partial charge in [-0.25, -0.2) is 14.0 Å². The van der Waals surface area contributed by atoms with E-state index in [0.29, 0.717) is 16.8 Å². The Hall–Kier alpha value is -3.15. The Morgan fingerprint density at radius 2 is 1.80 bits per heavy atom. The molecule has 2 N–H and O–H groups in total. The average molecular weight is 340 g/mol. The Morgan fingerprint density at radius 3 is 2.48 bits per heavy atom. The highest BCUT2D eigenvalue weighted by atomic mass is 19.1. The van der Waals surface area contributed by atoms with Crippen molar-refractivity contribution >= 4 is 12.0 Å². The van der Waals surface area contributed by atoms with E-state index in [1.54, 1.807) is 6.92 Å². The summed E-state index contributed by atoms with van der Waals surface area (Å²) in [6.07, 6.45) is 0. The maximum absolute atomic E-state index is 13.2. The number of carbonyl (C=O) groups excluding carboxylic acids is 2. The molecule has 1 atom stereocenters. The van der Waals surface area contributed by atoms with Gasteiger partial charge in [0.15, 0.2) is 0 Å². The highest BCUT2D eigenvalue weighted by Crippen LogP contribution is 2.28. The topological polar surface area (TPSA) is 67.4 Å². The van der Waals surface area contributed by atoms with Gasteiger partial charge >= 0.3 is 12.0 Å². The standard InChI is InChI=1S/C19H17FN2O3/c1-12-16(18(23)25-11-13-5-3-2-4-6-13)17(22-19(24)21-12)14-7-9-15(20)10-8-14/h2-10,17H,11H2,1H3,(H2,21,22,24). The summed E-state index contributed by atoms with van der Waals surface area (Å²) in [5.74, 6) is -0.930. The SMILES string of the molecule is CC1=C(C(=O)OCc2ccccc2)C(c2ccc(F)cc2)NC(=O)N1. The van der Waals surface area contributed by atoms with Crippen LogP contribution in [0.3, 0.4) is 0 Å². The largest absolute Gasteiger partial charge is 0.457 e. The number of hydrogen-bond donors (Lipinski definition) is 2. The molecule has 5 nitrogen and oxygen atoms in total. The summed E-state index contributed by atoms with van der Waals surface area (Å²) in [6, 6.07) is 13.8. The van der Waals surface area contributed by atoms with E-state index in [2.05, 4.69) is 10.6 Å². The lowest BCUT2D eigenvalue weighted by molar-refractivity contribution is -0.140. The lowest BCUT2D eigenvalue weighted by Gasteiger charge is -2.28. The number of carbonyl (C=O) groups is 2. The molecule has 1 aliphatic rings. The summed E-state index contributed by atoms with van der Waals surface area (Å²) >= 11 is 0. The van der Waals surface area contributed by atoms with Crippen LogP contribution in [0.15, 0.2) is 65.9 Å². The molecule has 0 saturated carbocycles. The van der Waals surface area contributed by atoms with Gasteiger partial charge in [-0.3, -0.25) is 0 Å². The number of rotatable bonds is 4. The van der Waals surface area contributed by atoms with E-state index in [1.165, 1.54) is 24.3 Å². The van der Waals surface area contributed by atoms with Crippen LogP contribution in [0.5, 0.6) is 0 Å². The fraction of sp³-hybridized carbons (Fsp3) is 0.158. The van der Waals surface area contributed by atoms with Gasteiger partial charge in [-0.1, -0.05) is 42.5 Å². The fourth-order valence-electron chi connectivity index (χ4n) is 2.67. The van der Waals surface area contributed by atoms with Gasteiger partial charge in [-0.2, -0.15) is 0 Å². The number of hydrogen-bond acceptors (Lipinski definition) is 3. The maximum Gasteiger partial charge on any atom is 0.338 e. The molecular weight excluding hydrogens is 323 g/mol. The van der Waals surface area contributed by atoms with Gasteiger partial charge in [0.1, 0.15) is 12.4 Å². The zero-order valence-corrected chi connectivity index (χ0v) is 13.6. The molecule has 1 aliphatic heterocycles. The fourth-order valence-corrected chi connectivity index (χ4v) is 2.67. The van der Waals surface area contributed by atoms with E-state index >= 15 is 0 Å². The van der Waals surface area contributed by atoms with Crippen LogP contribution in [0.25, 0.3) is 0 Å². The second kappa shape index (κ2) is 7.17. The number of ether oxygens (including phenoxy) is 1. The first kappa shape index (κ1) is 16.7. The van der Waals surface area contributed by atoms with Crippen LogP contribution in [0.2, 0.25) is 0 Å². The Morgan fingerprint density at radius 1 is 1.12 bits per heavy atom. The van der Waals surface area contributed by atoms with Crippen molar-refractivity contribution in [1.82, 2.24) is 10.6 Å². The number of halogens is 1. The first-order valence-corrected chi connectivity index (χ1v) is 7.79. The molecule has 0 bridgehead atoms. The summed E-state index contributed by atoms with van der Waals surface area (Å²) < 4.78 is 18.6. The Labute approximate surface area is 144 Å². The minimum absolute atomic E-state index is 0.126. The van der Waals surface area contributed by atoms with Crippen LogP contribution in [0.4, 0.5) is 9.18 Å². The van der Waals surface area contributed by atoms with E-state index in [4.69, 9.17) is 4.74 Å². The number of urea groups is 1. The third kappa shape index (κ3) is 3.85. The summed E-state index contributed by atoms with van der Waals surface area (Å²) in [5.41, 5.74) is 2.17. The zero-order chi connectivity index (χ0) is 17.8. The Balaban J connectivity index is 1.84. The minimum Gasteiger partial charge on any atom is -0.457 e. The van der Waals surface area contributed by atoms with Gasteiger partial charge in [-0.15, -0.1) is 0 Å². The molecular formula is C19H17FN2O3. The predicted octanol–water partition coefficient (Wildman–Crippen LogP) is 3.20. The van der Waals surface area contributed by atoms with Crippen molar-refractivity contribution in [3.8, 4) is 0 Å². The van der Waals surface area contributed by atoms with Crippen LogP contribution >= 0.6 is 0 Å². The summed E-state index contributed by atoms with van der Waals surface area (Å²) in [6.45, 7) is 1.76. The van der Waals surface area contributed by atoms with Gasteiger partial charge < -0.3 is 15.4 Å². The number of benzene rings is 2. The van der Waals surface area contributed by atoms with E-state index in [0.717, 1.165) is 5.56 Å². The quantitative estimate of drug-likeness (QED) is 0.840. The molecule has 0 saturated heterocycles. The average Bonchev–Trinajstić information content (AvgIpc) is 2.60. The minimum atomic E-state index is -0.697. The van der Waals surface area contributed by atoms with Crippen LogP contribution in [-0.2, 0) is 16.1 Å². The summed E-state index contributed by atoms with van der Waals surface area (Å²) in [4.78, 5) is 24.4. The molecule has 0 aliphatic carbocycles. The zero-order valence-electron chi connectivity index (χ0n) is 13.6. The van der Waals surface area contributed by atoms with Crippen molar-refractivity contribution < 1.29 is 18.7 Å². The van der Waals surface area contributed by atoms with E-state index in [1.807, 2.05) is 30.3 Å². The van der Waals surface area contributed by atoms with Crippen molar-refractivity contribution in [2.75, 3.05) is 0 Å². The molecule has 0 spiro atoms. The highest BCUT2D eigenvalue weighted by Gasteiger charge is 2.32. The monoisotopic (exact) mass is 340 g/mol. The molecule has 2 amide bonds. The molecule has 0 aromatic heterocycles. The third-order valence-corrected chi connectivity index (χ3v) is 3.91. The van der Waals surface area contributed by atoms with Gasteiger partial charge in [0.2, 0.25) is 0 Å². The van der Waals surface area contributed by atoms with Crippen LogP contribution in [0.1, 0.15) is 24.1 Å². The Kier molecular flexibility index (Phi) is 4.79. The molecule has 2 aromatic rings. The Bertz CT molecular complexity index is 816. The van der Waals surface area contributed by atoms with Gasteiger partial charge in [-0.05, 0) is 30.2 Å². The second-order valence-corrected chi connectivity index (χ2v) is 5.68. The van der Waals surface area contributed by atoms with Crippen molar-refractivity contribution in [2.45, 2.75) is 19.6 Å². The third-order valence-electron chi connectivity index (χ3n) is 3.91. The molecule has 1 heterocycles. The van der Waals surface area contributed by atoms with Crippen molar-refractivity contribution in [1.29, 1.82) is 0 Å². The molecule has 6 heteroatoms. The molecule has 0 fully saturated rings. The lowest BCUT2D eigenvalue weighted by atomic mass is 9.95. The predicted molar refractivity (Wildman–Crippen MR) is 89.7 cm³/mol.